The Labute approximate surface area is 112 Å². The first-order valence-electron chi connectivity index (χ1n) is 7.13. The highest BCUT2D eigenvalue weighted by molar-refractivity contribution is 5.91. The molecule has 0 radical (unpaired) electrons. The Morgan fingerprint density at radius 3 is 2.63 bits per heavy atom. The van der Waals surface area contributed by atoms with E-state index in [4.69, 9.17) is 0 Å². The van der Waals surface area contributed by atoms with Gasteiger partial charge in [0.2, 0.25) is 0 Å². The van der Waals surface area contributed by atoms with Crippen molar-refractivity contribution in [3.8, 4) is 5.75 Å². The summed E-state index contributed by atoms with van der Waals surface area (Å²) < 4.78 is 15.8. The predicted molar refractivity (Wildman–Crippen MR) is 75.2 cm³/mol. The van der Waals surface area contributed by atoms with Crippen molar-refractivity contribution in [3.63, 3.8) is 0 Å². The van der Waals surface area contributed by atoms with E-state index in [0.717, 1.165) is 30.2 Å². The number of nitrogens with zero attached hydrogens (tertiary/aromatic N) is 1. The van der Waals surface area contributed by atoms with Crippen molar-refractivity contribution < 1.29 is 9.50 Å². The van der Waals surface area contributed by atoms with Crippen LogP contribution >= 0.6 is 0 Å². The second-order valence-electron chi connectivity index (χ2n) is 5.77. The molecule has 0 atom stereocenters. The first-order valence-corrected chi connectivity index (χ1v) is 7.13. The lowest BCUT2D eigenvalue weighted by Gasteiger charge is -2.14. The molecule has 2 aromatic rings. The molecule has 102 valence electrons. The molecule has 1 heterocycles. The van der Waals surface area contributed by atoms with E-state index in [0.29, 0.717) is 0 Å². The van der Waals surface area contributed by atoms with E-state index in [1.165, 1.54) is 30.2 Å². The fraction of sp³-hybridized carbons (Fsp3) is 0.500. The minimum absolute atomic E-state index is 0.0903. The first-order chi connectivity index (χ1) is 9.09. The molecular formula is C16H20FNO. The number of benzene rings is 1. The van der Waals surface area contributed by atoms with E-state index in [2.05, 4.69) is 18.4 Å². The zero-order chi connectivity index (χ0) is 13.6. The van der Waals surface area contributed by atoms with E-state index in [9.17, 15) is 9.50 Å². The molecule has 3 heteroatoms. The van der Waals surface area contributed by atoms with Crippen molar-refractivity contribution in [2.45, 2.75) is 52.0 Å². The van der Waals surface area contributed by atoms with Gasteiger partial charge in [-0.3, -0.25) is 0 Å². The van der Waals surface area contributed by atoms with E-state index in [1.54, 1.807) is 6.07 Å². The summed E-state index contributed by atoms with van der Waals surface area (Å²) >= 11 is 0. The third-order valence-corrected chi connectivity index (χ3v) is 4.12. The number of rotatable bonds is 1. The molecule has 1 aliphatic carbocycles. The Kier molecular flexibility index (Phi) is 3.00. The van der Waals surface area contributed by atoms with Crippen LogP contribution in [0.4, 0.5) is 4.39 Å². The summed E-state index contributed by atoms with van der Waals surface area (Å²) in [5, 5.41) is 11.0. The van der Waals surface area contributed by atoms with Crippen molar-refractivity contribution in [2.75, 3.05) is 0 Å². The van der Waals surface area contributed by atoms with Gasteiger partial charge in [0.15, 0.2) is 0 Å². The van der Waals surface area contributed by atoms with Gasteiger partial charge in [-0.15, -0.1) is 0 Å². The van der Waals surface area contributed by atoms with E-state index >= 15 is 0 Å². The molecule has 0 spiro atoms. The molecule has 19 heavy (non-hydrogen) atoms. The third-order valence-electron chi connectivity index (χ3n) is 4.12. The van der Waals surface area contributed by atoms with Crippen molar-refractivity contribution in [2.24, 2.45) is 0 Å². The molecule has 0 saturated heterocycles. The maximum Gasteiger partial charge on any atom is 0.129 e. The van der Waals surface area contributed by atoms with Gasteiger partial charge in [-0.05, 0) is 51.2 Å². The normalized spacial score (nSPS) is 15.8. The highest BCUT2D eigenvalue weighted by Crippen LogP contribution is 2.38. The van der Waals surface area contributed by atoms with Crippen LogP contribution in [0.1, 0.15) is 50.4 Å². The molecule has 2 nitrogen and oxygen atoms in total. The number of hydrogen-bond acceptors (Lipinski definition) is 1. The lowest BCUT2D eigenvalue weighted by Crippen LogP contribution is -2.06. The number of phenols is 1. The van der Waals surface area contributed by atoms with Gasteiger partial charge in [0.25, 0.3) is 0 Å². The quantitative estimate of drug-likeness (QED) is 0.759. The summed E-state index contributed by atoms with van der Waals surface area (Å²) in [7, 11) is 0. The topological polar surface area (TPSA) is 25.2 Å². The molecule has 1 aromatic heterocycles. The third kappa shape index (κ3) is 1.92. The number of fused-ring (bicyclic) bond motifs is 3. The van der Waals surface area contributed by atoms with Crippen LogP contribution < -0.4 is 0 Å². The summed E-state index contributed by atoms with van der Waals surface area (Å²) in [5.41, 5.74) is 3.38. The van der Waals surface area contributed by atoms with Crippen LogP contribution in [0.15, 0.2) is 12.1 Å². The monoisotopic (exact) mass is 261 g/mol. The van der Waals surface area contributed by atoms with Crippen molar-refractivity contribution in [1.82, 2.24) is 4.57 Å². The molecule has 0 saturated carbocycles. The smallest absolute Gasteiger partial charge is 0.129 e. The lowest BCUT2D eigenvalue weighted by atomic mass is 10.1. The van der Waals surface area contributed by atoms with Gasteiger partial charge in [-0.2, -0.15) is 0 Å². The van der Waals surface area contributed by atoms with Gasteiger partial charge in [0.1, 0.15) is 11.6 Å². The molecule has 0 amide bonds. The van der Waals surface area contributed by atoms with Crippen LogP contribution in [0.3, 0.4) is 0 Å². The molecule has 1 N–H and O–H groups in total. The summed E-state index contributed by atoms with van der Waals surface area (Å²) in [4.78, 5) is 0. The van der Waals surface area contributed by atoms with Crippen molar-refractivity contribution >= 4 is 10.9 Å². The standard InChI is InChI=1S/C16H20FNO/c1-10(2)18-13-7-5-3-4-6-12(13)16-14(18)8-11(17)9-15(16)19/h8-10,19H,3-7H2,1-2H3. The summed E-state index contributed by atoms with van der Waals surface area (Å²) in [6.07, 6.45) is 5.59. The zero-order valence-corrected chi connectivity index (χ0v) is 11.5. The predicted octanol–water partition coefficient (Wildman–Crippen LogP) is 4.34. The van der Waals surface area contributed by atoms with Crippen LogP contribution in [-0.2, 0) is 12.8 Å². The number of aryl methyl sites for hydroxylation is 1. The average molecular weight is 261 g/mol. The van der Waals surface area contributed by atoms with Crippen LogP contribution in [0, 0.1) is 5.82 Å². The second-order valence-corrected chi connectivity index (χ2v) is 5.77. The van der Waals surface area contributed by atoms with Gasteiger partial charge in [-0.25, -0.2) is 4.39 Å². The van der Waals surface area contributed by atoms with Gasteiger partial charge in [0.05, 0.1) is 5.52 Å². The molecule has 1 aromatic carbocycles. The Morgan fingerprint density at radius 1 is 1.16 bits per heavy atom. The summed E-state index contributed by atoms with van der Waals surface area (Å²) in [6.45, 7) is 4.24. The first kappa shape index (κ1) is 12.5. The maximum atomic E-state index is 13.6. The molecule has 1 aliphatic rings. The largest absolute Gasteiger partial charge is 0.507 e. The molecule has 0 fully saturated rings. The Hall–Kier alpha value is -1.51. The number of aromatic hydroxyl groups is 1. The minimum atomic E-state index is -0.362. The lowest BCUT2D eigenvalue weighted by molar-refractivity contribution is 0.475. The van der Waals surface area contributed by atoms with Crippen LogP contribution in [0.5, 0.6) is 5.75 Å². The second kappa shape index (κ2) is 4.55. The molecule has 3 rings (SSSR count). The van der Waals surface area contributed by atoms with Gasteiger partial charge in [0, 0.05) is 23.2 Å². The van der Waals surface area contributed by atoms with Gasteiger partial charge >= 0.3 is 0 Å². The van der Waals surface area contributed by atoms with E-state index in [1.807, 2.05) is 0 Å². The highest BCUT2D eigenvalue weighted by Gasteiger charge is 2.22. The van der Waals surface area contributed by atoms with E-state index < -0.39 is 0 Å². The van der Waals surface area contributed by atoms with Gasteiger partial charge in [-0.1, -0.05) is 6.42 Å². The average Bonchev–Trinajstić information content (AvgIpc) is 2.48. The number of phenolic OH excluding ortho intramolecular Hbond substituents is 1. The van der Waals surface area contributed by atoms with Crippen LogP contribution in [0.25, 0.3) is 10.9 Å². The fourth-order valence-corrected chi connectivity index (χ4v) is 3.41. The zero-order valence-electron chi connectivity index (χ0n) is 11.5. The van der Waals surface area contributed by atoms with E-state index in [-0.39, 0.29) is 17.6 Å². The molecule has 0 bridgehead atoms. The molecule has 0 unspecified atom stereocenters. The number of aromatic nitrogens is 1. The Balaban J connectivity index is 2.40. The Morgan fingerprint density at radius 2 is 1.89 bits per heavy atom. The summed E-state index contributed by atoms with van der Waals surface area (Å²) in [5.74, 6) is -0.271. The van der Waals surface area contributed by atoms with Crippen LogP contribution in [0.2, 0.25) is 0 Å². The Bertz CT molecular complexity index is 627. The number of halogens is 1. The molecular weight excluding hydrogens is 241 g/mol. The number of hydrogen-bond donors (Lipinski definition) is 1. The fourth-order valence-electron chi connectivity index (χ4n) is 3.41. The minimum Gasteiger partial charge on any atom is -0.507 e. The molecule has 0 aliphatic heterocycles. The summed E-state index contributed by atoms with van der Waals surface area (Å²) in [6, 6.07) is 3.08. The van der Waals surface area contributed by atoms with Gasteiger partial charge < -0.3 is 9.67 Å². The SMILES string of the molecule is CC(C)n1c2c(c3c(O)cc(F)cc31)CCCCC2. The van der Waals surface area contributed by atoms with Crippen LogP contribution in [-0.4, -0.2) is 9.67 Å². The maximum absolute atomic E-state index is 13.6. The van der Waals surface area contributed by atoms with Crippen molar-refractivity contribution in [3.05, 3.63) is 29.2 Å². The highest BCUT2D eigenvalue weighted by atomic mass is 19.1. The van der Waals surface area contributed by atoms with Crippen molar-refractivity contribution in [1.29, 1.82) is 0 Å².